The molecule has 0 bridgehead atoms. The maximum absolute atomic E-state index is 12.2. The Balaban J connectivity index is 1.49. The van der Waals surface area contributed by atoms with Crippen molar-refractivity contribution in [3.05, 3.63) is 81.1 Å². The monoisotopic (exact) mass is 408 g/mol. The van der Waals surface area contributed by atoms with Crippen LogP contribution < -0.4 is 16.1 Å². The number of carbonyl (C=O) groups is 1. The van der Waals surface area contributed by atoms with Gasteiger partial charge >= 0.3 is 17.4 Å². The highest BCUT2D eigenvalue weighted by atomic mass is 16.5. The van der Waals surface area contributed by atoms with Gasteiger partial charge in [-0.1, -0.05) is 18.2 Å². The molecule has 0 atom stereocenters. The third-order valence-corrected chi connectivity index (χ3v) is 4.33. The SMILES string of the molecule is COc1ccc2c(COC(=O)Cn3nc(-c4ccccc4)oc3=O)cc(=O)oc2c1. The number of methoxy groups -OCH3 is 1. The van der Waals surface area contributed by atoms with Crippen LogP contribution in [0.25, 0.3) is 22.4 Å². The van der Waals surface area contributed by atoms with Crippen LogP contribution in [0.4, 0.5) is 0 Å². The standard InChI is InChI=1S/C21H16N2O7/c1-27-15-7-8-16-14(9-18(24)29-17(16)10-15)12-28-19(25)11-23-21(26)30-20(22-23)13-5-3-2-4-6-13/h2-10H,11-12H2,1H3. The molecule has 4 aromatic rings. The first kappa shape index (κ1) is 19.2. The molecule has 0 saturated heterocycles. The van der Waals surface area contributed by atoms with Crippen LogP contribution >= 0.6 is 0 Å². The smallest absolute Gasteiger partial charge is 0.437 e. The third-order valence-electron chi connectivity index (χ3n) is 4.33. The largest absolute Gasteiger partial charge is 0.497 e. The summed E-state index contributed by atoms with van der Waals surface area (Å²) in [5.41, 5.74) is 0.810. The number of esters is 1. The van der Waals surface area contributed by atoms with Gasteiger partial charge in [0.2, 0.25) is 5.89 Å². The van der Waals surface area contributed by atoms with Gasteiger partial charge in [0.1, 0.15) is 24.5 Å². The average molecular weight is 408 g/mol. The van der Waals surface area contributed by atoms with E-state index >= 15 is 0 Å². The Hall–Kier alpha value is -4.14. The van der Waals surface area contributed by atoms with Crippen molar-refractivity contribution in [1.29, 1.82) is 0 Å². The first-order chi connectivity index (χ1) is 14.5. The number of rotatable bonds is 6. The van der Waals surface area contributed by atoms with Gasteiger partial charge in [0, 0.05) is 28.6 Å². The minimum absolute atomic E-state index is 0.106. The number of hydrogen-bond donors (Lipinski definition) is 0. The lowest BCUT2D eigenvalue weighted by Gasteiger charge is -2.08. The van der Waals surface area contributed by atoms with Crippen LogP contribution in [0.1, 0.15) is 5.56 Å². The molecule has 0 amide bonds. The van der Waals surface area contributed by atoms with Crippen LogP contribution in [-0.2, 0) is 22.7 Å². The van der Waals surface area contributed by atoms with Crippen molar-refractivity contribution in [3.8, 4) is 17.2 Å². The molecule has 0 fully saturated rings. The lowest BCUT2D eigenvalue weighted by molar-refractivity contribution is -0.146. The van der Waals surface area contributed by atoms with Crippen molar-refractivity contribution in [2.75, 3.05) is 7.11 Å². The second-order valence-electron chi connectivity index (χ2n) is 6.31. The van der Waals surface area contributed by atoms with Crippen molar-refractivity contribution in [1.82, 2.24) is 9.78 Å². The molecule has 0 radical (unpaired) electrons. The second kappa shape index (κ2) is 8.08. The molecule has 30 heavy (non-hydrogen) atoms. The van der Waals surface area contributed by atoms with Gasteiger partial charge in [-0.15, -0.1) is 5.10 Å². The molecule has 2 aromatic carbocycles. The van der Waals surface area contributed by atoms with E-state index in [4.69, 9.17) is 18.3 Å². The van der Waals surface area contributed by atoms with Gasteiger partial charge in [-0.3, -0.25) is 4.79 Å². The van der Waals surface area contributed by atoms with E-state index in [-0.39, 0.29) is 12.5 Å². The third kappa shape index (κ3) is 4.00. The van der Waals surface area contributed by atoms with E-state index in [1.165, 1.54) is 13.2 Å². The Morgan fingerprint density at radius 1 is 1.07 bits per heavy atom. The van der Waals surface area contributed by atoms with Crippen molar-refractivity contribution < 1.29 is 23.1 Å². The number of aromatic nitrogens is 2. The van der Waals surface area contributed by atoms with Crippen LogP contribution in [0, 0.1) is 0 Å². The maximum atomic E-state index is 12.2. The summed E-state index contributed by atoms with van der Waals surface area (Å²) in [5, 5.41) is 4.62. The van der Waals surface area contributed by atoms with Crippen LogP contribution in [-0.4, -0.2) is 22.9 Å². The minimum Gasteiger partial charge on any atom is -0.497 e. The lowest BCUT2D eigenvalue weighted by atomic mass is 10.1. The fourth-order valence-corrected chi connectivity index (χ4v) is 2.89. The van der Waals surface area contributed by atoms with Gasteiger partial charge < -0.3 is 18.3 Å². The Labute approximate surface area is 169 Å². The quantitative estimate of drug-likeness (QED) is 0.353. The zero-order chi connectivity index (χ0) is 21.1. The average Bonchev–Trinajstić information content (AvgIpc) is 3.12. The summed E-state index contributed by atoms with van der Waals surface area (Å²) >= 11 is 0. The summed E-state index contributed by atoms with van der Waals surface area (Å²) in [4.78, 5) is 36.0. The highest BCUT2D eigenvalue weighted by Gasteiger charge is 2.15. The number of ether oxygens (including phenoxy) is 2. The zero-order valence-corrected chi connectivity index (χ0v) is 15.9. The van der Waals surface area contributed by atoms with E-state index < -0.39 is 23.9 Å². The molecule has 4 rings (SSSR count). The van der Waals surface area contributed by atoms with Gasteiger partial charge in [0.25, 0.3) is 0 Å². The second-order valence-corrected chi connectivity index (χ2v) is 6.31. The van der Waals surface area contributed by atoms with Crippen molar-refractivity contribution in [2.45, 2.75) is 13.2 Å². The predicted octanol–water partition coefficient (Wildman–Crippen LogP) is 2.36. The Morgan fingerprint density at radius 3 is 2.63 bits per heavy atom. The first-order valence-electron chi connectivity index (χ1n) is 8.93. The zero-order valence-electron chi connectivity index (χ0n) is 15.9. The van der Waals surface area contributed by atoms with Crippen molar-refractivity contribution in [3.63, 3.8) is 0 Å². The lowest BCUT2D eigenvalue weighted by Crippen LogP contribution is -2.23. The number of nitrogens with zero attached hydrogens (tertiary/aromatic N) is 2. The molecule has 2 heterocycles. The molecule has 0 aliphatic heterocycles. The first-order valence-corrected chi connectivity index (χ1v) is 8.93. The van der Waals surface area contributed by atoms with Gasteiger partial charge in [-0.2, -0.15) is 4.68 Å². The highest BCUT2D eigenvalue weighted by molar-refractivity contribution is 5.81. The van der Waals surface area contributed by atoms with E-state index in [9.17, 15) is 14.4 Å². The molecule has 0 saturated carbocycles. The summed E-state index contributed by atoms with van der Waals surface area (Å²) in [7, 11) is 1.50. The Bertz CT molecular complexity index is 1320. The summed E-state index contributed by atoms with van der Waals surface area (Å²) in [6, 6.07) is 15.1. The molecular weight excluding hydrogens is 392 g/mol. The molecule has 2 aromatic heterocycles. The Morgan fingerprint density at radius 2 is 1.87 bits per heavy atom. The molecule has 0 N–H and O–H groups in total. The highest BCUT2D eigenvalue weighted by Crippen LogP contribution is 2.23. The van der Waals surface area contributed by atoms with Crippen LogP contribution in [0.3, 0.4) is 0 Å². The fourth-order valence-electron chi connectivity index (χ4n) is 2.89. The number of fused-ring (bicyclic) bond motifs is 1. The summed E-state index contributed by atoms with van der Waals surface area (Å²) in [5.74, 6) is -0.850. The predicted molar refractivity (Wildman–Crippen MR) is 105 cm³/mol. The summed E-state index contributed by atoms with van der Waals surface area (Å²) < 4.78 is 21.5. The molecular formula is C21H16N2O7. The van der Waals surface area contributed by atoms with E-state index in [0.717, 1.165) is 4.68 Å². The van der Waals surface area contributed by atoms with E-state index in [0.29, 0.717) is 27.8 Å². The molecule has 0 aliphatic carbocycles. The molecule has 9 heteroatoms. The number of benzene rings is 2. The number of carbonyl (C=O) groups excluding carboxylic acids is 1. The van der Waals surface area contributed by atoms with Crippen LogP contribution in [0.2, 0.25) is 0 Å². The molecule has 0 spiro atoms. The van der Waals surface area contributed by atoms with E-state index in [2.05, 4.69) is 5.10 Å². The van der Waals surface area contributed by atoms with Crippen molar-refractivity contribution >= 4 is 16.9 Å². The maximum Gasteiger partial charge on any atom is 0.437 e. The van der Waals surface area contributed by atoms with Gasteiger partial charge in [0.05, 0.1) is 7.11 Å². The van der Waals surface area contributed by atoms with Gasteiger partial charge in [0.15, 0.2) is 0 Å². The number of hydrogen-bond acceptors (Lipinski definition) is 8. The summed E-state index contributed by atoms with van der Waals surface area (Å²) in [6.45, 7) is -0.603. The molecule has 0 unspecified atom stereocenters. The van der Waals surface area contributed by atoms with Crippen LogP contribution in [0.5, 0.6) is 5.75 Å². The minimum atomic E-state index is -0.774. The van der Waals surface area contributed by atoms with E-state index in [1.54, 1.807) is 42.5 Å². The van der Waals surface area contributed by atoms with E-state index in [1.807, 2.05) is 6.07 Å². The van der Waals surface area contributed by atoms with Crippen molar-refractivity contribution in [2.24, 2.45) is 0 Å². The summed E-state index contributed by atoms with van der Waals surface area (Å²) in [6.07, 6.45) is 0. The van der Waals surface area contributed by atoms with Gasteiger partial charge in [-0.25, -0.2) is 9.59 Å². The molecule has 152 valence electrons. The molecule has 9 nitrogen and oxygen atoms in total. The topological polar surface area (TPSA) is 114 Å². The van der Waals surface area contributed by atoms with Crippen LogP contribution in [0.15, 0.2) is 73.0 Å². The molecule has 0 aliphatic rings. The Kier molecular flexibility index (Phi) is 5.17. The normalized spacial score (nSPS) is 10.8. The van der Waals surface area contributed by atoms with Gasteiger partial charge in [-0.05, 0) is 24.3 Å². The fraction of sp³-hybridized carbons (Fsp3) is 0.143.